The lowest BCUT2D eigenvalue weighted by Gasteiger charge is -2.06. The van der Waals surface area contributed by atoms with Crippen LogP contribution < -0.4 is 0 Å². The molecule has 0 atom stereocenters. The number of rotatable bonds is 4. The SMILES string of the molecule is CCCc1nc(Cl)c(I)c(CCC)n1. The van der Waals surface area contributed by atoms with E-state index in [1.165, 1.54) is 0 Å². The number of nitrogens with zero attached hydrogens (tertiary/aromatic N) is 2. The van der Waals surface area contributed by atoms with Crippen molar-refractivity contribution in [2.45, 2.75) is 39.5 Å². The summed E-state index contributed by atoms with van der Waals surface area (Å²) in [4.78, 5) is 8.76. The second-order valence-electron chi connectivity index (χ2n) is 3.19. The topological polar surface area (TPSA) is 25.8 Å². The molecule has 0 unspecified atom stereocenters. The molecular weight excluding hydrogens is 310 g/mol. The molecule has 78 valence electrons. The van der Waals surface area contributed by atoms with Crippen LogP contribution in [0.25, 0.3) is 0 Å². The van der Waals surface area contributed by atoms with E-state index in [9.17, 15) is 0 Å². The van der Waals surface area contributed by atoms with Crippen LogP contribution in [0, 0.1) is 3.57 Å². The Morgan fingerprint density at radius 3 is 2.36 bits per heavy atom. The standard InChI is InChI=1S/C10H14ClIN2/c1-3-5-7-9(12)10(11)14-8(13-7)6-4-2/h3-6H2,1-2H3. The molecule has 0 saturated heterocycles. The molecule has 1 rings (SSSR count). The van der Waals surface area contributed by atoms with Crippen molar-refractivity contribution < 1.29 is 0 Å². The van der Waals surface area contributed by atoms with Crippen LogP contribution in [0.15, 0.2) is 0 Å². The molecule has 1 aromatic heterocycles. The molecule has 14 heavy (non-hydrogen) atoms. The maximum absolute atomic E-state index is 6.03. The summed E-state index contributed by atoms with van der Waals surface area (Å²) in [6.45, 7) is 4.26. The largest absolute Gasteiger partial charge is 0.237 e. The van der Waals surface area contributed by atoms with Gasteiger partial charge in [-0.05, 0) is 35.4 Å². The third-order valence-corrected chi connectivity index (χ3v) is 3.61. The summed E-state index contributed by atoms with van der Waals surface area (Å²) in [5, 5.41) is 0.604. The summed E-state index contributed by atoms with van der Waals surface area (Å²) in [6.07, 6.45) is 4.04. The Morgan fingerprint density at radius 2 is 1.79 bits per heavy atom. The van der Waals surface area contributed by atoms with Gasteiger partial charge in [-0.2, -0.15) is 0 Å². The highest BCUT2D eigenvalue weighted by Gasteiger charge is 2.09. The van der Waals surface area contributed by atoms with E-state index in [-0.39, 0.29) is 0 Å². The number of halogens is 2. The lowest BCUT2D eigenvalue weighted by Crippen LogP contribution is -2.03. The summed E-state index contributed by atoms with van der Waals surface area (Å²) >= 11 is 8.25. The molecule has 1 heterocycles. The molecule has 0 aromatic carbocycles. The van der Waals surface area contributed by atoms with Gasteiger partial charge in [0.2, 0.25) is 0 Å². The van der Waals surface area contributed by atoms with Crippen LogP contribution >= 0.6 is 34.2 Å². The van der Waals surface area contributed by atoms with Gasteiger partial charge in [0.25, 0.3) is 0 Å². The predicted octanol–water partition coefficient (Wildman–Crippen LogP) is 3.64. The van der Waals surface area contributed by atoms with Crippen LogP contribution in [0.3, 0.4) is 0 Å². The summed E-state index contributed by atoms with van der Waals surface area (Å²) < 4.78 is 1.01. The van der Waals surface area contributed by atoms with Crippen molar-refractivity contribution in [3.63, 3.8) is 0 Å². The first-order valence-corrected chi connectivity index (χ1v) is 6.35. The van der Waals surface area contributed by atoms with Crippen molar-refractivity contribution in [3.8, 4) is 0 Å². The number of hydrogen-bond acceptors (Lipinski definition) is 2. The molecular formula is C10H14ClIN2. The second kappa shape index (κ2) is 5.85. The van der Waals surface area contributed by atoms with Crippen LogP contribution in [-0.4, -0.2) is 9.97 Å². The Morgan fingerprint density at radius 1 is 1.14 bits per heavy atom. The Balaban J connectivity index is 3.01. The molecule has 1 aromatic rings. The molecule has 0 spiro atoms. The second-order valence-corrected chi connectivity index (χ2v) is 4.63. The van der Waals surface area contributed by atoms with Crippen molar-refractivity contribution in [1.82, 2.24) is 9.97 Å². The Labute approximate surface area is 104 Å². The van der Waals surface area contributed by atoms with E-state index in [2.05, 4.69) is 46.4 Å². The Kier molecular flexibility index (Phi) is 5.09. The van der Waals surface area contributed by atoms with Crippen LogP contribution in [0.5, 0.6) is 0 Å². The first-order valence-electron chi connectivity index (χ1n) is 4.89. The van der Waals surface area contributed by atoms with Gasteiger partial charge < -0.3 is 0 Å². The van der Waals surface area contributed by atoms with Gasteiger partial charge in [-0.25, -0.2) is 9.97 Å². The number of hydrogen-bond donors (Lipinski definition) is 0. The lowest BCUT2D eigenvalue weighted by atomic mass is 10.2. The van der Waals surface area contributed by atoms with E-state index in [0.29, 0.717) is 5.15 Å². The van der Waals surface area contributed by atoms with Gasteiger partial charge in [-0.15, -0.1) is 0 Å². The van der Waals surface area contributed by atoms with Crippen molar-refractivity contribution >= 4 is 34.2 Å². The number of aromatic nitrogens is 2. The van der Waals surface area contributed by atoms with Gasteiger partial charge in [0.15, 0.2) is 0 Å². The highest BCUT2D eigenvalue weighted by molar-refractivity contribution is 14.1. The molecule has 0 aliphatic carbocycles. The van der Waals surface area contributed by atoms with E-state index in [1.54, 1.807) is 0 Å². The molecule has 0 aliphatic heterocycles. The van der Waals surface area contributed by atoms with Gasteiger partial charge >= 0.3 is 0 Å². The fourth-order valence-electron chi connectivity index (χ4n) is 1.25. The fourth-order valence-corrected chi connectivity index (χ4v) is 1.97. The zero-order valence-corrected chi connectivity index (χ0v) is 11.4. The van der Waals surface area contributed by atoms with Gasteiger partial charge in [0, 0.05) is 6.42 Å². The molecule has 0 bridgehead atoms. The van der Waals surface area contributed by atoms with Gasteiger partial charge in [-0.3, -0.25) is 0 Å². The first kappa shape index (κ1) is 12.2. The molecule has 0 N–H and O–H groups in total. The zero-order chi connectivity index (χ0) is 10.6. The third kappa shape index (κ3) is 3.05. The van der Waals surface area contributed by atoms with Crippen molar-refractivity contribution in [3.05, 3.63) is 20.2 Å². The van der Waals surface area contributed by atoms with E-state index < -0.39 is 0 Å². The van der Waals surface area contributed by atoms with Gasteiger partial charge in [0.1, 0.15) is 11.0 Å². The first-order chi connectivity index (χ1) is 6.69. The minimum absolute atomic E-state index is 0.604. The van der Waals surface area contributed by atoms with E-state index in [4.69, 9.17) is 11.6 Å². The van der Waals surface area contributed by atoms with Gasteiger partial charge in [-0.1, -0.05) is 31.9 Å². The molecule has 0 fully saturated rings. The lowest BCUT2D eigenvalue weighted by molar-refractivity contribution is 0.788. The van der Waals surface area contributed by atoms with Crippen molar-refractivity contribution in [2.75, 3.05) is 0 Å². The minimum atomic E-state index is 0.604. The smallest absolute Gasteiger partial charge is 0.146 e. The Hall–Kier alpha value is 0.1000. The number of aryl methyl sites for hydroxylation is 2. The van der Waals surface area contributed by atoms with Crippen LogP contribution in [-0.2, 0) is 12.8 Å². The normalized spacial score (nSPS) is 10.6. The van der Waals surface area contributed by atoms with E-state index >= 15 is 0 Å². The highest BCUT2D eigenvalue weighted by Crippen LogP contribution is 2.20. The van der Waals surface area contributed by atoms with Crippen LogP contribution in [0.1, 0.15) is 38.2 Å². The van der Waals surface area contributed by atoms with Gasteiger partial charge in [0.05, 0.1) is 9.26 Å². The molecule has 0 radical (unpaired) electrons. The van der Waals surface area contributed by atoms with E-state index in [0.717, 1.165) is 40.8 Å². The minimum Gasteiger partial charge on any atom is -0.237 e. The monoisotopic (exact) mass is 324 g/mol. The zero-order valence-electron chi connectivity index (χ0n) is 8.48. The summed E-state index contributed by atoms with van der Waals surface area (Å²) in [5.74, 6) is 0.876. The molecule has 0 aliphatic rings. The quantitative estimate of drug-likeness (QED) is 0.624. The molecule has 2 nitrogen and oxygen atoms in total. The average Bonchev–Trinajstić information content (AvgIpc) is 2.14. The summed E-state index contributed by atoms with van der Waals surface area (Å²) in [6, 6.07) is 0. The van der Waals surface area contributed by atoms with Crippen molar-refractivity contribution in [1.29, 1.82) is 0 Å². The highest BCUT2D eigenvalue weighted by atomic mass is 127. The summed E-state index contributed by atoms with van der Waals surface area (Å²) in [7, 11) is 0. The third-order valence-electron chi connectivity index (χ3n) is 1.89. The summed E-state index contributed by atoms with van der Waals surface area (Å²) in [5.41, 5.74) is 1.09. The molecule has 4 heteroatoms. The predicted molar refractivity (Wildman–Crippen MR) is 67.7 cm³/mol. The van der Waals surface area contributed by atoms with E-state index in [1.807, 2.05) is 0 Å². The van der Waals surface area contributed by atoms with Crippen LogP contribution in [0.4, 0.5) is 0 Å². The molecule has 0 amide bonds. The van der Waals surface area contributed by atoms with Crippen molar-refractivity contribution in [2.24, 2.45) is 0 Å². The van der Waals surface area contributed by atoms with Crippen LogP contribution in [0.2, 0.25) is 5.15 Å². The maximum Gasteiger partial charge on any atom is 0.146 e. The maximum atomic E-state index is 6.03. The molecule has 0 saturated carbocycles. The fraction of sp³-hybridized carbons (Fsp3) is 0.600. The average molecular weight is 325 g/mol. The Bertz CT molecular complexity index is 315.